The highest BCUT2D eigenvalue weighted by Crippen LogP contribution is 2.26. The highest BCUT2D eigenvalue weighted by atomic mass is 32.2. The molecule has 0 aliphatic heterocycles. The number of nitrogens with one attached hydrogen (secondary N) is 4. The predicted molar refractivity (Wildman–Crippen MR) is 142 cm³/mol. The van der Waals surface area contributed by atoms with Crippen molar-refractivity contribution < 1.29 is 18.0 Å². The predicted octanol–water partition coefficient (Wildman–Crippen LogP) is 4.74. The third kappa shape index (κ3) is 5.89. The molecule has 36 heavy (non-hydrogen) atoms. The summed E-state index contributed by atoms with van der Waals surface area (Å²) in [6.07, 6.45) is 2.70. The Hall–Kier alpha value is -4.18. The quantitative estimate of drug-likeness (QED) is 0.300. The zero-order chi connectivity index (χ0) is 26.1. The molecule has 9 nitrogen and oxygen atoms in total. The van der Waals surface area contributed by atoms with Gasteiger partial charge in [0.1, 0.15) is 0 Å². The maximum atomic E-state index is 13.2. The molecule has 0 unspecified atom stereocenters. The number of H-pyrrole nitrogens is 1. The molecular formula is C26H27N5O4S. The maximum absolute atomic E-state index is 13.2. The third-order valence-electron chi connectivity index (χ3n) is 5.53. The third-order valence-corrected chi connectivity index (χ3v) is 6.14. The summed E-state index contributed by atoms with van der Waals surface area (Å²) in [5.41, 5.74) is 3.25. The standard InChI is InChI=1S/C26H27N5O4S/c1-26(2,3)18-8-5-16(6-9-18)24(32)29-23-14-20(31-36(4,34)35)11-12-21(23)25(33)28-19-10-7-17-15-27-30-22(17)13-19/h5-15,31H,1-4H3,(H,27,30)(H,28,33)(H,29,32). The number of carbonyl (C=O) groups is 2. The summed E-state index contributed by atoms with van der Waals surface area (Å²) < 4.78 is 25.8. The van der Waals surface area contributed by atoms with Gasteiger partial charge in [0.05, 0.1) is 34.9 Å². The number of fused-ring (bicyclic) bond motifs is 1. The van der Waals surface area contributed by atoms with E-state index in [1.165, 1.54) is 18.2 Å². The van der Waals surface area contributed by atoms with Crippen molar-refractivity contribution in [2.45, 2.75) is 26.2 Å². The van der Waals surface area contributed by atoms with Gasteiger partial charge < -0.3 is 10.6 Å². The van der Waals surface area contributed by atoms with Crippen LogP contribution in [0.1, 0.15) is 47.1 Å². The lowest BCUT2D eigenvalue weighted by molar-refractivity contribution is 0.102. The Morgan fingerprint density at radius 1 is 0.861 bits per heavy atom. The average Bonchev–Trinajstić information content (AvgIpc) is 3.25. The molecule has 186 valence electrons. The van der Waals surface area contributed by atoms with Gasteiger partial charge in [0, 0.05) is 16.6 Å². The lowest BCUT2D eigenvalue weighted by Crippen LogP contribution is -2.19. The molecule has 4 rings (SSSR count). The molecule has 3 aromatic carbocycles. The van der Waals surface area contributed by atoms with Gasteiger partial charge in [-0.2, -0.15) is 5.10 Å². The lowest BCUT2D eigenvalue weighted by atomic mass is 9.86. The number of rotatable bonds is 6. The van der Waals surface area contributed by atoms with E-state index < -0.39 is 21.8 Å². The summed E-state index contributed by atoms with van der Waals surface area (Å²) in [6.45, 7) is 6.24. The second kappa shape index (κ2) is 9.46. The van der Waals surface area contributed by atoms with Crippen LogP contribution in [0.4, 0.5) is 17.1 Å². The highest BCUT2D eigenvalue weighted by Gasteiger charge is 2.18. The number of nitrogens with zero attached hydrogens (tertiary/aromatic N) is 1. The molecule has 0 bridgehead atoms. The summed E-state index contributed by atoms with van der Waals surface area (Å²) in [7, 11) is -3.56. The van der Waals surface area contributed by atoms with E-state index in [1.807, 2.05) is 18.2 Å². The van der Waals surface area contributed by atoms with E-state index in [0.29, 0.717) is 11.3 Å². The summed E-state index contributed by atoms with van der Waals surface area (Å²) in [6, 6.07) is 16.8. The van der Waals surface area contributed by atoms with Gasteiger partial charge in [-0.05, 0) is 59.5 Å². The van der Waals surface area contributed by atoms with E-state index in [4.69, 9.17) is 0 Å². The van der Waals surface area contributed by atoms with Crippen LogP contribution in [0.15, 0.2) is 66.9 Å². The van der Waals surface area contributed by atoms with Gasteiger partial charge in [0.15, 0.2) is 0 Å². The maximum Gasteiger partial charge on any atom is 0.257 e. The molecule has 2 amide bonds. The molecule has 10 heteroatoms. The fourth-order valence-corrected chi connectivity index (χ4v) is 4.21. The van der Waals surface area contributed by atoms with Crippen LogP contribution in [-0.4, -0.2) is 36.7 Å². The first-order valence-corrected chi connectivity index (χ1v) is 13.1. The smallest absolute Gasteiger partial charge is 0.257 e. The second-order valence-electron chi connectivity index (χ2n) is 9.54. The van der Waals surface area contributed by atoms with Crippen molar-refractivity contribution in [3.05, 3.63) is 83.6 Å². The number of hydrogen-bond donors (Lipinski definition) is 4. The molecule has 0 radical (unpaired) electrons. The molecule has 0 atom stereocenters. The molecule has 4 aromatic rings. The molecule has 1 aromatic heterocycles. The summed E-state index contributed by atoms with van der Waals surface area (Å²) >= 11 is 0. The summed E-state index contributed by atoms with van der Waals surface area (Å²) in [5.74, 6) is -0.905. The fourth-order valence-electron chi connectivity index (χ4n) is 3.65. The van der Waals surface area contributed by atoms with Gasteiger partial charge in [-0.1, -0.05) is 32.9 Å². The molecule has 0 saturated carbocycles. The molecule has 1 heterocycles. The fraction of sp³-hybridized carbons (Fsp3) is 0.192. The number of amides is 2. The first kappa shape index (κ1) is 24.9. The highest BCUT2D eigenvalue weighted by molar-refractivity contribution is 7.92. The normalized spacial score (nSPS) is 11.8. The van der Waals surface area contributed by atoms with E-state index in [2.05, 4.69) is 46.3 Å². The van der Waals surface area contributed by atoms with Crippen LogP contribution in [0.5, 0.6) is 0 Å². The van der Waals surface area contributed by atoms with Crippen molar-refractivity contribution in [2.24, 2.45) is 0 Å². The van der Waals surface area contributed by atoms with Crippen molar-refractivity contribution in [2.75, 3.05) is 21.6 Å². The lowest BCUT2D eigenvalue weighted by Gasteiger charge is -2.19. The average molecular weight is 506 g/mol. The van der Waals surface area contributed by atoms with Crippen molar-refractivity contribution in [1.29, 1.82) is 0 Å². The molecule has 0 fully saturated rings. The largest absolute Gasteiger partial charge is 0.322 e. The second-order valence-corrected chi connectivity index (χ2v) is 11.3. The Balaban J connectivity index is 1.63. The van der Waals surface area contributed by atoms with Gasteiger partial charge in [0.25, 0.3) is 11.8 Å². The number of anilines is 3. The van der Waals surface area contributed by atoms with Gasteiger partial charge in [-0.3, -0.25) is 19.4 Å². The number of carbonyl (C=O) groups excluding carboxylic acids is 2. The number of hydrogen-bond acceptors (Lipinski definition) is 5. The summed E-state index contributed by atoms with van der Waals surface area (Å²) in [4.78, 5) is 26.2. The minimum Gasteiger partial charge on any atom is -0.322 e. The SMILES string of the molecule is CC(C)(C)c1ccc(C(=O)Nc2cc(NS(C)(=O)=O)ccc2C(=O)Nc2ccc3cn[nH]c3c2)cc1. The Kier molecular flexibility index (Phi) is 6.55. The number of benzene rings is 3. The molecule has 4 N–H and O–H groups in total. The zero-order valence-electron chi connectivity index (χ0n) is 20.3. The van der Waals surface area contributed by atoms with E-state index >= 15 is 0 Å². The van der Waals surface area contributed by atoms with Gasteiger partial charge in [-0.25, -0.2) is 8.42 Å². The Morgan fingerprint density at radius 3 is 2.22 bits per heavy atom. The monoisotopic (exact) mass is 505 g/mol. The molecule has 0 aliphatic carbocycles. The van der Waals surface area contributed by atoms with Gasteiger partial charge in [-0.15, -0.1) is 0 Å². The molecular weight excluding hydrogens is 478 g/mol. The number of sulfonamides is 1. The van der Waals surface area contributed by atoms with Gasteiger partial charge in [0.2, 0.25) is 10.0 Å². The molecule has 0 saturated heterocycles. The zero-order valence-corrected chi connectivity index (χ0v) is 21.2. The first-order valence-electron chi connectivity index (χ1n) is 11.2. The van der Waals surface area contributed by atoms with Crippen molar-refractivity contribution in [1.82, 2.24) is 10.2 Å². The molecule has 0 spiro atoms. The number of aromatic nitrogens is 2. The van der Waals surface area contributed by atoms with E-state index in [-0.39, 0.29) is 22.4 Å². The van der Waals surface area contributed by atoms with E-state index in [9.17, 15) is 18.0 Å². The topological polar surface area (TPSA) is 133 Å². The van der Waals surface area contributed by atoms with Crippen molar-refractivity contribution in [3.63, 3.8) is 0 Å². The first-order chi connectivity index (χ1) is 16.9. The van der Waals surface area contributed by atoms with E-state index in [0.717, 1.165) is 22.7 Å². The molecule has 0 aliphatic rings. The minimum atomic E-state index is -3.56. The Labute approximate surface area is 209 Å². The van der Waals surface area contributed by atoms with Crippen molar-refractivity contribution >= 4 is 49.8 Å². The van der Waals surface area contributed by atoms with Crippen LogP contribution in [0.2, 0.25) is 0 Å². The Bertz CT molecular complexity index is 1550. The van der Waals surface area contributed by atoms with Gasteiger partial charge >= 0.3 is 0 Å². The Morgan fingerprint density at radius 2 is 1.56 bits per heavy atom. The van der Waals surface area contributed by atoms with Crippen LogP contribution >= 0.6 is 0 Å². The van der Waals surface area contributed by atoms with Crippen LogP contribution in [-0.2, 0) is 15.4 Å². The summed E-state index contributed by atoms with van der Waals surface area (Å²) in [5, 5.41) is 13.3. The number of aromatic amines is 1. The van der Waals surface area contributed by atoms with Crippen molar-refractivity contribution in [3.8, 4) is 0 Å². The van der Waals surface area contributed by atoms with Crippen LogP contribution in [0.25, 0.3) is 10.9 Å². The van der Waals surface area contributed by atoms with Crippen LogP contribution < -0.4 is 15.4 Å². The van der Waals surface area contributed by atoms with Crippen LogP contribution in [0, 0.1) is 0 Å². The minimum absolute atomic E-state index is 0.0644. The van der Waals surface area contributed by atoms with E-state index in [1.54, 1.807) is 30.5 Å². The van der Waals surface area contributed by atoms with Crippen LogP contribution in [0.3, 0.4) is 0 Å².